The van der Waals surface area contributed by atoms with Gasteiger partial charge in [-0.25, -0.2) is 0 Å². The van der Waals surface area contributed by atoms with Crippen molar-refractivity contribution in [2.45, 2.75) is 12.5 Å². The maximum atomic E-state index is 5.76. The zero-order valence-electron chi connectivity index (χ0n) is 7.46. The summed E-state index contributed by atoms with van der Waals surface area (Å²) in [5.41, 5.74) is 1.06. The second-order valence-corrected chi connectivity index (χ2v) is 3.12. The van der Waals surface area contributed by atoms with Crippen molar-refractivity contribution in [3.05, 3.63) is 34.9 Å². The van der Waals surface area contributed by atoms with Gasteiger partial charge in [-0.15, -0.1) is 12.3 Å². The molecule has 1 rings (SSSR count). The van der Waals surface area contributed by atoms with Gasteiger partial charge in [0.15, 0.2) is 0 Å². The fraction of sp³-hybridized carbons (Fsp3) is 0.273. The van der Waals surface area contributed by atoms with E-state index in [1.807, 2.05) is 24.3 Å². The number of ether oxygens (including phenoxy) is 1. The van der Waals surface area contributed by atoms with Crippen LogP contribution in [-0.4, -0.2) is 7.11 Å². The van der Waals surface area contributed by atoms with Crippen LogP contribution in [0.2, 0.25) is 5.02 Å². The molecular weight excluding hydrogens is 184 g/mol. The van der Waals surface area contributed by atoms with Crippen LogP contribution in [0.5, 0.6) is 0 Å². The third-order valence-electron chi connectivity index (χ3n) is 1.83. The molecule has 0 amide bonds. The van der Waals surface area contributed by atoms with Crippen LogP contribution in [0, 0.1) is 12.3 Å². The van der Waals surface area contributed by atoms with E-state index in [9.17, 15) is 0 Å². The highest BCUT2D eigenvalue weighted by Gasteiger charge is 2.07. The van der Waals surface area contributed by atoms with Crippen LogP contribution in [0.15, 0.2) is 24.3 Å². The van der Waals surface area contributed by atoms with Crippen LogP contribution in [0.3, 0.4) is 0 Å². The largest absolute Gasteiger partial charge is 0.376 e. The molecule has 0 aliphatic heterocycles. The number of terminal acetylenes is 1. The zero-order valence-corrected chi connectivity index (χ0v) is 8.21. The molecule has 1 nitrogen and oxygen atoms in total. The summed E-state index contributed by atoms with van der Waals surface area (Å²) in [4.78, 5) is 0. The van der Waals surface area contributed by atoms with Gasteiger partial charge in [0.2, 0.25) is 0 Å². The number of benzene rings is 1. The smallest absolute Gasteiger partial charge is 0.0930 e. The third-order valence-corrected chi connectivity index (χ3v) is 2.08. The fourth-order valence-electron chi connectivity index (χ4n) is 1.12. The molecule has 1 aromatic rings. The third kappa shape index (κ3) is 2.77. The maximum Gasteiger partial charge on any atom is 0.0930 e. The van der Waals surface area contributed by atoms with Crippen LogP contribution in [0.1, 0.15) is 18.1 Å². The molecule has 0 radical (unpaired) electrons. The van der Waals surface area contributed by atoms with Crippen molar-refractivity contribution in [2.75, 3.05) is 7.11 Å². The second-order valence-electron chi connectivity index (χ2n) is 2.68. The first-order chi connectivity index (χ1) is 6.27. The van der Waals surface area contributed by atoms with Crippen LogP contribution in [-0.2, 0) is 4.74 Å². The fourth-order valence-corrected chi connectivity index (χ4v) is 1.25. The molecule has 1 unspecified atom stereocenters. The van der Waals surface area contributed by atoms with E-state index in [0.717, 1.165) is 10.6 Å². The van der Waals surface area contributed by atoms with Crippen molar-refractivity contribution in [2.24, 2.45) is 0 Å². The van der Waals surface area contributed by atoms with E-state index in [1.165, 1.54) is 0 Å². The van der Waals surface area contributed by atoms with E-state index >= 15 is 0 Å². The lowest BCUT2D eigenvalue weighted by molar-refractivity contribution is 0.108. The van der Waals surface area contributed by atoms with E-state index in [-0.39, 0.29) is 6.10 Å². The summed E-state index contributed by atoms with van der Waals surface area (Å²) in [5.74, 6) is 2.57. The van der Waals surface area contributed by atoms with Crippen molar-refractivity contribution in [1.29, 1.82) is 0 Å². The maximum absolute atomic E-state index is 5.76. The average Bonchev–Trinajstić information content (AvgIpc) is 2.16. The molecule has 0 aliphatic rings. The monoisotopic (exact) mass is 194 g/mol. The average molecular weight is 195 g/mol. The Balaban J connectivity index is 2.80. The van der Waals surface area contributed by atoms with E-state index in [1.54, 1.807) is 7.11 Å². The molecule has 0 heterocycles. The second kappa shape index (κ2) is 4.91. The normalized spacial score (nSPS) is 12.1. The standard InChI is InChI=1S/C11H11ClO/c1-3-4-11(13-2)9-5-7-10(12)8-6-9/h1,5-8,11H,4H2,2H3. The van der Waals surface area contributed by atoms with Crippen molar-refractivity contribution >= 4 is 11.6 Å². The molecule has 1 aromatic carbocycles. The SMILES string of the molecule is C#CCC(OC)c1ccc(Cl)cc1. The van der Waals surface area contributed by atoms with Gasteiger partial charge in [-0.1, -0.05) is 23.7 Å². The molecule has 1 atom stereocenters. The number of hydrogen-bond donors (Lipinski definition) is 0. The summed E-state index contributed by atoms with van der Waals surface area (Å²) < 4.78 is 5.23. The summed E-state index contributed by atoms with van der Waals surface area (Å²) in [6, 6.07) is 7.51. The lowest BCUT2D eigenvalue weighted by atomic mass is 10.1. The Morgan fingerprint density at radius 3 is 2.54 bits per heavy atom. The summed E-state index contributed by atoms with van der Waals surface area (Å²) in [5, 5.41) is 0.722. The van der Waals surface area contributed by atoms with Gasteiger partial charge in [0.05, 0.1) is 6.10 Å². The summed E-state index contributed by atoms with van der Waals surface area (Å²) >= 11 is 5.76. The minimum atomic E-state index is -0.0257. The molecule has 0 spiro atoms. The molecule has 2 heteroatoms. The molecule has 0 saturated heterocycles. The Morgan fingerprint density at radius 1 is 1.46 bits per heavy atom. The van der Waals surface area contributed by atoms with Crippen LogP contribution >= 0.6 is 11.6 Å². The highest BCUT2D eigenvalue weighted by atomic mass is 35.5. The van der Waals surface area contributed by atoms with E-state index in [4.69, 9.17) is 22.8 Å². The number of hydrogen-bond acceptors (Lipinski definition) is 1. The molecule has 0 saturated carbocycles. The van der Waals surface area contributed by atoms with Gasteiger partial charge in [0.25, 0.3) is 0 Å². The van der Waals surface area contributed by atoms with Crippen molar-refractivity contribution < 1.29 is 4.74 Å². The topological polar surface area (TPSA) is 9.23 Å². The first-order valence-corrected chi connectivity index (χ1v) is 4.37. The Labute approximate surface area is 83.7 Å². The molecule has 13 heavy (non-hydrogen) atoms. The molecule has 0 aromatic heterocycles. The van der Waals surface area contributed by atoms with Gasteiger partial charge in [0, 0.05) is 18.6 Å². The lowest BCUT2D eigenvalue weighted by Crippen LogP contribution is -1.99. The van der Waals surface area contributed by atoms with Gasteiger partial charge in [-0.2, -0.15) is 0 Å². The van der Waals surface area contributed by atoms with Crippen molar-refractivity contribution in [3.8, 4) is 12.3 Å². The quantitative estimate of drug-likeness (QED) is 0.673. The highest BCUT2D eigenvalue weighted by Crippen LogP contribution is 2.21. The molecule has 0 fully saturated rings. The van der Waals surface area contributed by atoms with E-state index in [2.05, 4.69) is 5.92 Å². The van der Waals surface area contributed by atoms with E-state index < -0.39 is 0 Å². The lowest BCUT2D eigenvalue weighted by Gasteiger charge is -2.12. The molecule has 0 bridgehead atoms. The van der Waals surface area contributed by atoms with Crippen LogP contribution in [0.4, 0.5) is 0 Å². The summed E-state index contributed by atoms with van der Waals surface area (Å²) in [6.07, 6.45) is 5.77. The van der Waals surface area contributed by atoms with Gasteiger partial charge < -0.3 is 4.74 Å². The molecule has 68 valence electrons. The predicted molar refractivity (Wildman–Crippen MR) is 54.7 cm³/mol. The Kier molecular flexibility index (Phi) is 3.82. The van der Waals surface area contributed by atoms with Crippen molar-refractivity contribution in [1.82, 2.24) is 0 Å². The highest BCUT2D eigenvalue weighted by molar-refractivity contribution is 6.30. The molecular formula is C11H11ClO. The molecule has 0 N–H and O–H groups in total. The minimum Gasteiger partial charge on any atom is -0.376 e. The van der Waals surface area contributed by atoms with Crippen LogP contribution < -0.4 is 0 Å². The van der Waals surface area contributed by atoms with E-state index in [0.29, 0.717) is 6.42 Å². The summed E-state index contributed by atoms with van der Waals surface area (Å²) in [7, 11) is 1.65. The minimum absolute atomic E-state index is 0.0257. The van der Waals surface area contributed by atoms with Gasteiger partial charge >= 0.3 is 0 Å². The van der Waals surface area contributed by atoms with Gasteiger partial charge in [0.1, 0.15) is 0 Å². The summed E-state index contributed by atoms with van der Waals surface area (Å²) in [6.45, 7) is 0. The Morgan fingerprint density at radius 2 is 2.08 bits per heavy atom. The zero-order chi connectivity index (χ0) is 9.68. The first kappa shape index (κ1) is 10.1. The van der Waals surface area contributed by atoms with Crippen LogP contribution in [0.25, 0.3) is 0 Å². The van der Waals surface area contributed by atoms with Gasteiger partial charge in [-0.05, 0) is 17.7 Å². The number of rotatable bonds is 3. The first-order valence-electron chi connectivity index (χ1n) is 3.99. The Hall–Kier alpha value is -0.970. The predicted octanol–water partition coefficient (Wildman–Crippen LogP) is 3.05. The van der Waals surface area contributed by atoms with Gasteiger partial charge in [-0.3, -0.25) is 0 Å². The Bertz CT molecular complexity index is 297. The number of halogens is 1. The number of methoxy groups -OCH3 is 1. The molecule has 0 aliphatic carbocycles. The van der Waals surface area contributed by atoms with Crippen molar-refractivity contribution in [3.63, 3.8) is 0 Å².